The Kier molecular flexibility index (Phi) is 2.97. The lowest BCUT2D eigenvalue weighted by Crippen LogP contribution is -1.93. The van der Waals surface area contributed by atoms with Gasteiger partial charge in [-0.1, -0.05) is 24.3 Å². The Bertz CT molecular complexity index is 490. The van der Waals surface area contributed by atoms with Gasteiger partial charge < -0.3 is 0 Å². The maximum absolute atomic E-state index is 10.7. The number of aryl methyl sites for hydroxylation is 1. The SMILES string of the molecule is O=C(Cl)CCc1cncc2ccccc12. The first-order valence-corrected chi connectivity index (χ1v) is 5.15. The van der Waals surface area contributed by atoms with Crippen LogP contribution in [0.15, 0.2) is 36.7 Å². The Morgan fingerprint density at radius 2 is 2.07 bits per heavy atom. The maximum atomic E-state index is 10.7. The molecule has 2 rings (SSSR count). The van der Waals surface area contributed by atoms with Crippen LogP contribution in [0.1, 0.15) is 12.0 Å². The highest BCUT2D eigenvalue weighted by Gasteiger charge is 2.03. The van der Waals surface area contributed by atoms with E-state index in [-0.39, 0.29) is 5.24 Å². The number of carbonyl (C=O) groups excluding carboxylic acids is 1. The van der Waals surface area contributed by atoms with Crippen LogP contribution < -0.4 is 0 Å². The molecule has 0 bridgehead atoms. The van der Waals surface area contributed by atoms with E-state index in [0.29, 0.717) is 12.8 Å². The number of rotatable bonds is 3. The molecule has 0 fully saturated rings. The molecule has 2 nitrogen and oxygen atoms in total. The van der Waals surface area contributed by atoms with E-state index in [2.05, 4.69) is 4.98 Å². The Balaban J connectivity index is 2.38. The minimum Gasteiger partial charge on any atom is -0.281 e. The van der Waals surface area contributed by atoms with Crippen LogP contribution in [-0.2, 0) is 11.2 Å². The second-order valence-corrected chi connectivity index (χ2v) is 3.80. The first-order chi connectivity index (χ1) is 7.27. The molecule has 0 unspecified atom stereocenters. The molecule has 0 saturated heterocycles. The zero-order valence-corrected chi connectivity index (χ0v) is 8.87. The standard InChI is InChI=1S/C12H10ClNO/c13-12(15)6-5-10-8-14-7-9-3-1-2-4-11(9)10/h1-4,7-8H,5-6H2. The number of benzene rings is 1. The van der Waals surface area contributed by atoms with Crippen molar-refractivity contribution in [3.63, 3.8) is 0 Å². The Morgan fingerprint density at radius 1 is 1.27 bits per heavy atom. The van der Waals surface area contributed by atoms with Crippen molar-refractivity contribution in [1.29, 1.82) is 0 Å². The molecule has 15 heavy (non-hydrogen) atoms. The van der Waals surface area contributed by atoms with Crippen molar-refractivity contribution in [1.82, 2.24) is 4.98 Å². The van der Waals surface area contributed by atoms with Crippen molar-refractivity contribution in [3.8, 4) is 0 Å². The number of carbonyl (C=O) groups is 1. The lowest BCUT2D eigenvalue weighted by Gasteiger charge is -2.03. The zero-order chi connectivity index (χ0) is 10.7. The Hall–Kier alpha value is -1.41. The fourth-order valence-electron chi connectivity index (χ4n) is 1.61. The van der Waals surface area contributed by atoms with E-state index in [0.717, 1.165) is 16.3 Å². The van der Waals surface area contributed by atoms with Crippen LogP contribution in [0, 0.1) is 0 Å². The second-order valence-electron chi connectivity index (χ2n) is 3.37. The molecule has 1 aromatic heterocycles. The molecule has 1 aromatic carbocycles. The number of hydrogen-bond donors (Lipinski definition) is 0. The first-order valence-electron chi connectivity index (χ1n) is 4.77. The summed E-state index contributed by atoms with van der Waals surface area (Å²) in [7, 11) is 0. The summed E-state index contributed by atoms with van der Waals surface area (Å²) in [4.78, 5) is 14.8. The second kappa shape index (κ2) is 4.41. The Labute approximate surface area is 92.9 Å². The van der Waals surface area contributed by atoms with Gasteiger partial charge in [0, 0.05) is 24.2 Å². The highest BCUT2D eigenvalue weighted by Crippen LogP contribution is 2.18. The van der Waals surface area contributed by atoms with E-state index in [1.165, 1.54) is 0 Å². The van der Waals surface area contributed by atoms with Crippen molar-refractivity contribution in [3.05, 3.63) is 42.2 Å². The van der Waals surface area contributed by atoms with E-state index in [1.807, 2.05) is 30.5 Å². The van der Waals surface area contributed by atoms with Gasteiger partial charge in [0.05, 0.1) is 0 Å². The fourth-order valence-corrected chi connectivity index (χ4v) is 1.71. The molecule has 0 aliphatic heterocycles. The van der Waals surface area contributed by atoms with Crippen LogP contribution in [0.25, 0.3) is 10.8 Å². The molecule has 1 heterocycles. The smallest absolute Gasteiger partial charge is 0.221 e. The molecule has 0 amide bonds. The van der Waals surface area contributed by atoms with E-state index in [4.69, 9.17) is 11.6 Å². The number of pyridine rings is 1. The number of halogens is 1. The summed E-state index contributed by atoms with van der Waals surface area (Å²) in [6.45, 7) is 0. The molecular weight excluding hydrogens is 210 g/mol. The van der Waals surface area contributed by atoms with Crippen LogP contribution in [0.5, 0.6) is 0 Å². The average Bonchev–Trinajstić information content (AvgIpc) is 2.26. The van der Waals surface area contributed by atoms with E-state index in [9.17, 15) is 4.79 Å². The highest BCUT2D eigenvalue weighted by molar-refractivity contribution is 6.63. The van der Waals surface area contributed by atoms with Crippen LogP contribution in [-0.4, -0.2) is 10.2 Å². The quantitative estimate of drug-likeness (QED) is 0.743. The van der Waals surface area contributed by atoms with Gasteiger partial charge in [-0.3, -0.25) is 9.78 Å². The number of fused-ring (bicyclic) bond motifs is 1. The molecule has 0 atom stereocenters. The normalized spacial score (nSPS) is 10.5. The lowest BCUT2D eigenvalue weighted by molar-refractivity contribution is -0.111. The van der Waals surface area contributed by atoms with Gasteiger partial charge >= 0.3 is 0 Å². The summed E-state index contributed by atoms with van der Waals surface area (Å²) in [5.41, 5.74) is 1.07. The molecule has 0 aliphatic carbocycles. The van der Waals surface area contributed by atoms with Crippen molar-refractivity contribution >= 4 is 27.6 Å². The van der Waals surface area contributed by atoms with Crippen LogP contribution in [0.3, 0.4) is 0 Å². The predicted octanol–water partition coefficient (Wildman–Crippen LogP) is 2.93. The molecular formula is C12H10ClNO. The molecule has 0 aliphatic rings. The third-order valence-corrected chi connectivity index (χ3v) is 2.53. The van der Waals surface area contributed by atoms with Crippen LogP contribution in [0.4, 0.5) is 0 Å². The monoisotopic (exact) mass is 219 g/mol. The zero-order valence-electron chi connectivity index (χ0n) is 8.11. The van der Waals surface area contributed by atoms with E-state index < -0.39 is 0 Å². The number of aromatic nitrogens is 1. The lowest BCUT2D eigenvalue weighted by atomic mass is 10.0. The first kappa shape index (κ1) is 10.1. The minimum atomic E-state index is -0.303. The summed E-state index contributed by atoms with van der Waals surface area (Å²) in [6.07, 6.45) is 4.62. The topological polar surface area (TPSA) is 30.0 Å². The molecule has 0 radical (unpaired) electrons. The predicted molar refractivity (Wildman–Crippen MR) is 60.9 cm³/mol. The maximum Gasteiger partial charge on any atom is 0.221 e. The van der Waals surface area contributed by atoms with Gasteiger partial charge in [0.15, 0.2) is 0 Å². The Morgan fingerprint density at radius 3 is 2.87 bits per heavy atom. The average molecular weight is 220 g/mol. The van der Waals surface area contributed by atoms with Crippen LogP contribution >= 0.6 is 11.6 Å². The molecule has 0 N–H and O–H groups in total. The molecule has 76 valence electrons. The molecule has 0 saturated carbocycles. The van der Waals surface area contributed by atoms with Gasteiger partial charge in [0.1, 0.15) is 0 Å². The molecule has 0 spiro atoms. The van der Waals surface area contributed by atoms with E-state index >= 15 is 0 Å². The molecule has 3 heteroatoms. The summed E-state index contributed by atoms with van der Waals surface area (Å²) in [5.74, 6) is 0. The summed E-state index contributed by atoms with van der Waals surface area (Å²) in [5, 5.41) is 1.94. The van der Waals surface area contributed by atoms with Crippen molar-refractivity contribution in [2.45, 2.75) is 12.8 Å². The van der Waals surface area contributed by atoms with Gasteiger partial charge in [-0.25, -0.2) is 0 Å². The van der Waals surface area contributed by atoms with Gasteiger partial charge in [-0.05, 0) is 29.0 Å². The van der Waals surface area contributed by atoms with Crippen LogP contribution in [0.2, 0.25) is 0 Å². The number of hydrogen-bond acceptors (Lipinski definition) is 2. The fraction of sp³-hybridized carbons (Fsp3) is 0.167. The summed E-state index contributed by atoms with van der Waals surface area (Å²) in [6, 6.07) is 7.99. The van der Waals surface area contributed by atoms with Crippen molar-refractivity contribution in [2.24, 2.45) is 0 Å². The summed E-state index contributed by atoms with van der Waals surface area (Å²) >= 11 is 5.32. The number of nitrogens with zero attached hydrogens (tertiary/aromatic N) is 1. The van der Waals surface area contributed by atoms with E-state index in [1.54, 1.807) is 6.20 Å². The van der Waals surface area contributed by atoms with Gasteiger partial charge in [0.25, 0.3) is 0 Å². The van der Waals surface area contributed by atoms with Crippen molar-refractivity contribution < 1.29 is 4.79 Å². The summed E-state index contributed by atoms with van der Waals surface area (Å²) < 4.78 is 0. The molecule has 2 aromatic rings. The van der Waals surface area contributed by atoms with Crippen molar-refractivity contribution in [2.75, 3.05) is 0 Å². The van der Waals surface area contributed by atoms with Gasteiger partial charge in [0.2, 0.25) is 5.24 Å². The third kappa shape index (κ3) is 2.34. The van der Waals surface area contributed by atoms with Gasteiger partial charge in [-0.15, -0.1) is 0 Å². The highest BCUT2D eigenvalue weighted by atomic mass is 35.5. The third-order valence-electron chi connectivity index (χ3n) is 2.34. The minimum absolute atomic E-state index is 0.303. The van der Waals surface area contributed by atoms with Gasteiger partial charge in [-0.2, -0.15) is 0 Å². The largest absolute Gasteiger partial charge is 0.281 e.